The van der Waals surface area contributed by atoms with Crippen LogP contribution in [-0.2, 0) is 20.1 Å². The van der Waals surface area contributed by atoms with E-state index in [0.717, 1.165) is 36.8 Å². The van der Waals surface area contributed by atoms with Gasteiger partial charge in [0.2, 0.25) is 0 Å². The number of sulfonamides is 1. The van der Waals surface area contributed by atoms with Crippen LogP contribution in [0.4, 0.5) is 18.9 Å². The smallest absolute Gasteiger partial charge is 0.496 e. The van der Waals surface area contributed by atoms with Gasteiger partial charge in [0.05, 0.1) is 45.1 Å². The lowest BCUT2D eigenvalue weighted by molar-refractivity contribution is -0.0500. The van der Waals surface area contributed by atoms with Gasteiger partial charge in [0.15, 0.2) is 11.5 Å². The van der Waals surface area contributed by atoms with E-state index in [-0.39, 0.29) is 28.5 Å². The maximum atomic E-state index is 12.7. The molecule has 0 heterocycles. The second-order valence-electron chi connectivity index (χ2n) is 6.24. The Bertz CT molecular complexity index is 1250. The van der Waals surface area contributed by atoms with Crippen molar-refractivity contribution >= 4 is 31.9 Å². The Kier molecular flexibility index (Phi) is 8.15. The van der Waals surface area contributed by atoms with Gasteiger partial charge < -0.3 is 23.1 Å². The molecule has 2 aromatic carbocycles. The Hall–Kier alpha value is -3.33. The van der Waals surface area contributed by atoms with Gasteiger partial charge in [-0.15, -0.1) is 0 Å². The number of benzene rings is 2. The lowest BCUT2D eigenvalue weighted by atomic mass is 10.1. The number of halogens is 3. The summed E-state index contributed by atoms with van der Waals surface area (Å²) in [6.45, 7) is 0. The monoisotopic (exact) mass is 527 g/mol. The number of anilines is 1. The first kappa shape index (κ1) is 26.9. The van der Waals surface area contributed by atoms with Crippen molar-refractivity contribution in [2.45, 2.75) is 5.51 Å². The molecule has 0 saturated heterocycles. The highest BCUT2D eigenvalue weighted by Gasteiger charge is 2.49. The molecule has 2 rings (SSSR count). The van der Waals surface area contributed by atoms with Crippen molar-refractivity contribution in [3.8, 4) is 28.7 Å². The van der Waals surface area contributed by atoms with Crippen molar-refractivity contribution in [3.63, 3.8) is 0 Å². The van der Waals surface area contributed by atoms with E-state index in [0.29, 0.717) is 5.75 Å². The van der Waals surface area contributed by atoms with E-state index >= 15 is 0 Å². The van der Waals surface area contributed by atoms with E-state index in [1.54, 1.807) is 0 Å². The molecule has 0 fully saturated rings. The van der Waals surface area contributed by atoms with Crippen molar-refractivity contribution in [3.05, 3.63) is 41.3 Å². The van der Waals surface area contributed by atoms with Crippen molar-refractivity contribution in [1.29, 1.82) is 0 Å². The fourth-order valence-electron chi connectivity index (χ4n) is 2.52. The van der Waals surface area contributed by atoms with E-state index in [1.807, 2.05) is 0 Å². The summed E-state index contributed by atoms with van der Waals surface area (Å²) in [7, 11) is -5.08. The van der Waals surface area contributed by atoms with E-state index in [4.69, 9.17) is 18.9 Å². The number of nitrogens with one attached hydrogen (secondary N) is 1. The molecule has 0 aromatic heterocycles. The van der Waals surface area contributed by atoms with Crippen LogP contribution in [0.1, 0.15) is 5.56 Å². The van der Waals surface area contributed by atoms with Gasteiger partial charge in [-0.05, 0) is 18.2 Å². The normalized spacial score (nSPS) is 12.3. The van der Waals surface area contributed by atoms with Crippen LogP contribution in [0.5, 0.6) is 28.7 Å². The van der Waals surface area contributed by atoms with Crippen molar-refractivity contribution in [2.75, 3.05) is 33.2 Å². The number of hydrogen-bond donors (Lipinski definition) is 1. The van der Waals surface area contributed by atoms with E-state index in [9.17, 15) is 30.0 Å². The van der Waals surface area contributed by atoms with Crippen LogP contribution in [0.15, 0.2) is 35.7 Å². The minimum Gasteiger partial charge on any atom is -0.496 e. The molecule has 0 aliphatic rings. The second kappa shape index (κ2) is 10.3. The second-order valence-corrected chi connectivity index (χ2v) is 9.35. The van der Waals surface area contributed by atoms with Crippen LogP contribution in [0, 0.1) is 0 Å². The van der Waals surface area contributed by atoms with Gasteiger partial charge in [0.1, 0.15) is 17.2 Å². The summed E-state index contributed by atoms with van der Waals surface area (Å²) >= 11 is 0. The third-order valence-corrected chi connectivity index (χ3v) is 6.05. The highest BCUT2D eigenvalue weighted by molar-refractivity contribution is 7.95. The zero-order chi connectivity index (χ0) is 25.7. The first-order valence-corrected chi connectivity index (χ1v) is 11.9. The SMILES string of the molecule is COc1cc(OC)c(C=CS(=O)(=O)Nc2ccc(OC)c(OS(=O)(=O)C(F)(F)F)c2)c(OC)c1. The molecule has 0 unspecified atom stereocenters. The van der Waals surface area contributed by atoms with Crippen molar-refractivity contribution < 1.29 is 53.1 Å². The molecule has 2 aromatic rings. The Labute approximate surface area is 194 Å². The molecule has 0 radical (unpaired) electrons. The van der Waals surface area contributed by atoms with Crippen LogP contribution >= 0.6 is 0 Å². The third kappa shape index (κ3) is 6.38. The van der Waals surface area contributed by atoms with Gasteiger partial charge >= 0.3 is 15.6 Å². The first-order valence-electron chi connectivity index (χ1n) is 8.96. The Morgan fingerprint density at radius 3 is 1.82 bits per heavy atom. The maximum Gasteiger partial charge on any atom is 0.534 e. The van der Waals surface area contributed by atoms with Crippen LogP contribution in [0.25, 0.3) is 6.08 Å². The number of hydrogen-bond acceptors (Lipinski definition) is 9. The predicted molar refractivity (Wildman–Crippen MR) is 116 cm³/mol. The highest BCUT2D eigenvalue weighted by atomic mass is 32.2. The largest absolute Gasteiger partial charge is 0.534 e. The quantitative estimate of drug-likeness (QED) is 0.366. The summed E-state index contributed by atoms with van der Waals surface area (Å²) in [6.07, 6.45) is 1.16. The molecular formula is C19H20F3NO9S2. The fraction of sp³-hybridized carbons (Fsp3) is 0.263. The zero-order valence-corrected chi connectivity index (χ0v) is 19.8. The summed E-state index contributed by atoms with van der Waals surface area (Å²) in [5, 5.41) is 0.747. The number of rotatable bonds is 10. The number of ether oxygens (including phenoxy) is 4. The minimum atomic E-state index is -6.02. The lowest BCUT2D eigenvalue weighted by Gasteiger charge is -2.14. The van der Waals surface area contributed by atoms with E-state index in [2.05, 4.69) is 8.91 Å². The molecule has 0 aliphatic heterocycles. The summed E-state index contributed by atoms with van der Waals surface area (Å²) in [4.78, 5) is 0. The van der Waals surface area contributed by atoms with Gasteiger partial charge in [-0.3, -0.25) is 4.72 Å². The summed E-state index contributed by atoms with van der Waals surface area (Å²) in [5.74, 6) is -0.381. The molecule has 1 N–H and O–H groups in total. The van der Waals surface area contributed by atoms with Crippen LogP contribution in [0.3, 0.4) is 0 Å². The van der Waals surface area contributed by atoms with E-state index < -0.39 is 31.4 Å². The van der Waals surface area contributed by atoms with Gasteiger partial charge in [-0.1, -0.05) is 0 Å². The molecule has 34 heavy (non-hydrogen) atoms. The van der Waals surface area contributed by atoms with Gasteiger partial charge in [-0.2, -0.15) is 21.6 Å². The molecule has 0 aliphatic carbocycles. The maximum absolute atomic E-state index is 12.7. The molecule has 15 heteroatoms. The standard InChI is InChI=1S/C19H20F3NO9S2/c1-28-13-10-16(30-3)14(17(11-13)31-4)7-8-33(24,25)23-12-5-6-15(29-2)18(9-12)32-34(26,27)19(20,21)22/h5-11,23H,1-4H3. The fourth-order valence-corrected chi connectivity index (χ4v) is 3.82. The van der Waals surface area contributed by atoms with Crippen molar-refractivity contribution in [1.82, 2.24) is 0 Å². The molecule has 0 spiro atoms. The zero-order valence-electron chi connectivity index (χ0n) is 18.2. The highest BCUT2D eigenvalue weighted by Crippen LogP contribution is 2.37. The predicted octanol–water partition coefficient (Wildman–Crippen LogP) is 3.36. The molecule has 0 atom stereocenters. The number of alkyl halides is 3. The van der Waals surface area contributed by atoms with Crippen LogP contribution < -0.4 is 27.9 Å². The van der Waals surface area contributed by atoms with Gasteiger partial charge in [0.25, 0.3) is 10.0 Å². The Morgan fingerprint density at radius 1 is 0.794 bits per heavy atom. The van der Waals surface area contributed by atoms with Gasteiger partial charge in [0, 0.05) is 18.2 Å². The summed E-state index contributed by atoms with van der Waals surface area (Å²) < 4.78 is 112. The topological polar surface area (TPSA) is 126 Å². The summed E-state index contributed by atoms with van der Waals surface area (Å²) in [5.41, 5.74) is -5.75. The third-order valence-electron chi connectivity index (χ3n) is 4.07. The molecular weight excluding hydrogens is 507 g/mol. The molecule has 0 saturated carbocycles. The van der Waals surface area contributed by atoms with Crippen LogP contribution in [0.2, 0.25) is 0 Å². The van der Waals surface area contributed by atoms with Gasteiger partial charge in [-0.25, -0.2) is 8.42 Å². The average Bonchev–Trinajstić information content (AvgIpc) is 2.76. The minimum absolute atomic E-state index is 0.236. The average molecular weight is 527 g/mol. The molecule has 10 nitrogen and oxygen atoms in total. The Morgan fingerprint density at radius 2 is 1.35 bits per heavy atom. The summed E-state index contributed by atoms with van der Waals surface area (Å²) in [6, 6.07) is 5.87. The Balaban J connectivity index is 2.38. The van der Waals surface area contributed by atoms with Crippen LogP contribution in [-0.4, -0.2) is 50.8 Å². The lowest BCUT2D eigenvalue weighted by Crippen LogP contribution is -2.28. The molecule has 0 amide bonds. The van der Waals surface area contributed by atoms with E-state index in [1.165, 1.54) is 33.5 Å². The first-order chi connectivity index (χ1) is 15.8. The van der Waals surface area contributed by atoms with Crippen molar-refractivity contribution in [2.24, 2.45) is 0 Å². The number of methoxy groups -OCH3 is 4. The molecule has 188 valence electrons. The molecule has 0 bridgehead atoms.